The van der Waals surface area contributed by atoms with Crippen LogP contribution in [0.2, 0.25) is 0 Å². The molecule has 1 aromatic heterocycles. The van der Waals surface area contributed by atoms with Crippen molar-refractivity contribution in [2.75, 3.05) is 26.7 Å². The van der Waals surface area contributed by atoms with Crippen LogP contribution in [0.15, 0.2) is 10.6 Å². The lowest BCUT2D eigenvalue weighted by molar-refractivity contribution is 0.0676. The molecule has 96 valence electrons. The Kier molecular flexibility index (Phi) is 3.92. The van der Waals surface area contributed by atoms with Crippen LogP contribution < -0.4 is 5.32 Å². The molecule has 1 aliphatic heterocycles. The molecule has 0 aromatic carbocycles. The Balaban J connectivity index is 2.11. The summed E-state index contributed by atoms with van der Waals surface area (Å²) in [6.45, 7) is 1.91. The van der Waals surface area contributed by atoms with E-state index in [0.29, 0.717) is 25.4 Å². The average Bonchev–Trinajstić information content (AvgIpc) is 2.87. The number of hydrogen-bond acceptors (Lipinski definition) is 6. The van der Waals surface area contributed by atoms with Crippen LogP contribution in [0.4, 0.5) is 0 Å². The third-order valence-corrected chi connectivity index (χ3v) is 2.72. The highest BCUT2D eigenvalue weighted by molar-refractivity contribution is 5.92. The zero-order valence-corrected chi connectivity index (χ0v) is 10.0. The quantitative estimate of drug-likeness (QED) is 0.796. The van der Waals surface area contributed by atoms with E-state index in [1.54, 1.807) is 6.07 Å². The van der Waals surface area contributed by atoms with Crippen LogP contribution in [0.1, 0.15) is 16.2 Å². The molecule has 1 atom stereocenters. The van der Waals surface area contributed by atoms with Gasteiger partial charge in [0, 0.05) is 32.8 Å². The van der Waals surface area contributed by atoms with Crippen LogP contribution in [-0.2, 0) is 11.3 Å². The molecular formula is C11H14N4O3. The van der Waals surface area contributed by atoms with E-state index in [0.717, 1.165) is 0 Å². The third-order valence-electron chi connectivity index (χ3n) is 2.72. The maximum absolute atomic E-state index is 12.2. The van der Waals surface area contributed by atoms with E-state index in [4.69, 9.17) is 14.5 Å². The summed E-state index contributed by atoms with van der Waals surface area (Å²) in [5.74, 6) is 0.207. The summed E-state index contributed by atoms with van der Waals surface area (Å²) in [5, 5.41) is 15.8. The summed E-state index contributed by atoms with van der Waals surface area (Å²) in [6, 6.07) is 3.18. The van der Waals surface area contributed by atoms with Gasteiger partial charge in [0.05, 0.1) is 6.07 Å². The standard InChI is InChI=1S/C11H14N4O3/c1-17-7-9-4-10(14-18-9)11(16)15-3-2-13-6-8(15)5-12/h4,8,13H,2-3,6-7H2,1H3. The van der Waals surface area contributed by atoms with Crippen LogP contribution in [-0.4, -0.2) is 48.7 Å². The SMILES string of the molecule is COCc1cc(C(=O)N2CCNCC2C#N)no1. The molecule has 0 spiro atoms. The molecule has 1 unspecified atom stereocenters. The molecule has 0 aliphatic carbocycles. The predicted molar refractivity (Wildman–Crippen MR) is 60.5 cm³/mol. The van der Waals surface area contributed by atoms with Gasteiger partial charge in [0.15, 0.2) is 11.5 Å². The molecule has 0 bridgehead atoms. The van der Waals surface area contributed by atoms with Crippen molar-refractivity contribution in [1.29, 1.82) is 5.26 Å². The largest absolute Gasteiger partial charge is 0.377 e. The smallest absolute Gasteiger partial charge is 0.277 e. The average molecular weight is 250 g/mol. The van der Waals surface area contributed by atoms with Crippen molar-refractivity contribution in [2.24, 2.45) is 0 Å². The number of aromatic nitrogens is 1. The van der Waals surface area contributed by atoms with Gasteiger partial charge >= 0.3 is 0 Å². The van der Waals surface area contributed by atoms with Gasteiger partial charge in [-0.25, -0.2) is 0 Å². The summed E-state index contributed by atoms with van der Waals surface area (Å²) in [4.78, 5) is 13.7. The van der Waals surface area contributed by atoms with E-state index in [1.165, 1.54) is 12.0 Å². The van der Waals surface area contributed by atoms with Gasteiger partial charge in [0.2, 0.25) is 0 Å². The van der Waals surface area contributed by atoms with Gasteiger partial charge in [-0.3, -0.25) is 4.79 Å². The lowest BCUT2D eigenvalue weighted by Gasteiger charge is -2.31. The Bertz CT molecular complexity index is 465. The molecule has 7 heteroatoms. The number of amides is 1. The van der Waals surface area contributed by atoms with E-state index in [9.17, 15) is 4.79 Å². The third kappa shape index (κ3) is 2.50. The van der Waals surface area contributed by atoms with Gasteiger partial charge in [-0.05, 0) is 0 Å². The van der Waals surface area contributed by atoms with Crippen LogP contribution in [0.25, 0.3) is 0 Å². The minimum absolute atomic E-state index is 0.212. The number of carbonyl (C=O) groups excluding carboxylic acids is 1. The van der Waals surface area contributed by atoms with Gasteiger partial charge in [0.1, 0.15) is 12.6 Å². The highest BCUT2D eigenvalue weighted by Gasteiger charge is 2.29. The fraction of sp³-hybridized carbons (Fsp3) is 0.545. The Morgan fingerprint density at radius 1 is 1.83 bits per heavy atom. The van der Waals surface area contributed by atoms with Crippen LogP contribution in [0.3, 0.4) is 0 Å². The van der Waals surface area contributed by atoms with Crippen molar-refractivity contribution < 1.29 is 14.1 Å². The summed E-state index contributed by atoms with van der Waals surface area (Å²) >= 11 is 0. The molecule has 1 aromatic rings. The molecule has 7 nitrogen and oxygen atoms in total. The number of carbonyl (C=O) groups is 1. The maximum atomic E-state index is 12.2. The molecular weight excluding hydrogens is 236 g/mol. The van der Waals surface area contributed by atoms with Crippen LogP contribution >= 0.6 is 0 Å². The topological polar surface area (TPSA) is 91.4 Å². The van der Waals surface area contributed by atoms with Gasteiger partial charge in [0.25, 0.3) is 5.91 Å². The molecule has 0 radical (unpaired) electrons. The Morgan fingerprint density at radius 2 is 2.67 bits per heavy atom. The predicted octanol–water partition coefficient (Wildman–Crippen LogP) is -0.241. The molecule has 2 rings (SSSR count). The van der Waals surface area contributed by atoms with Crippen molar-refractivity contribution in [3.05, 3.63) is 17.5 Å². The number of hydrogen-bond donors (Lipinski definition) is 1. The summed E-state index contributed by atoms with van der Waals surface area (Å²) in [5.41, 5.74) is 0.212. The van der Waals surface area contributed by atoms with Gasteiger partial charge in [-0.1, -0.05) is 5.16 Å². The summed E-state index contributed by atoms with van der Waals surface area (Å²) in [7, 11) is 1.53. The zero-order valence-electron chi connectivity index (χ0n) is 10.0. The lowest BCUT2D eigenvalue weighted by Crippen LogP contribution is -2.53. The monoisotopic (exact) mass is 250 g/mol. The fourth-order valence-corrected chi connectivity index (χ4v) is 1.83. The second-order valence-corrected chi connectivity index (χ2v) is 3.96. The van der Waals surface area contributed by atoms with Gasteiger partial charge in [-0.15, -0.1) is 0 Å². The fourth-order valence-electron chi connectivity index (χ4n) is 1.83. The van der Waals surface area contributed by atoms with E-state index in [1.807, 2.05) is 0 Å². The zero-order chi connectivity index (χ0) is 13.0. The maximum Gasteiger partial charge on any atom is 0.277 e. The van der Waals surface area contributed by atoms with Crippen LogP contribution in [0, 0.1) is 11.3 Å². The number of methoxy groups -OCH3 is 1. The minimum atomic E-state index is -0.464. The highest BCUT2D eigenvalue weighted by Crippen LogP contribution is 2.11. The Labute approximate surface area is 104 Å². The van der Waals surface area contributed by atoms with Crippen molar-refractivity contribution in [2.45, 2.75) is 12.6 Å². The first kappa shape index (κ1) is 12.5. The summed E-state index contributed by atoms with van der Waals surface area (Å²) in [6.07, 6.45) is 0. The number of ether oxygens (including phenoxy) is 1. The van der Waals surface area contributed by atoms with Gasteiger partial charge < -0.3 is 19.5 Å². The second kappa shape index (κ2) is 5.62. The van der Waals surface area contributed by atoms with Crippen molar-refractivity contribution >= 4 is 5.91 Å². The van der Waals surface area contributed by atoms with E-state index in [2.05, 4.69) is 16.5 Å². The van der Waals surface area contributed by atoms with Crippen LogP contribution in [0.5, 0.6) is 0 Å². The molecule has 2 heterocycles. The molecule has 0 saturated carbocycles. The lowest BCUT2D eigenvalue weighted by atomic mass is 10.2. The number of piperazine rings is 1. The van der Waals surface area contributed by atoms with E-state index < -0.39 is 6.04 Å². The second-order valence-electron chi connectivity index (χ2n) is 3.96. The Hall–Kier alpha value is -1.91. The first-order valence-corrected chi connectivity index (χ1v) is 5.62. The molecule has 1 saturated heterocycles. The normalized spacial score (nSPS) is 19.6. The molecule has 18 heavy (non-hydrogen) atoms. The van der Waals surface area contributed by atoms with Crippen molar-refractivity contribution in [3.63, 3.8) is 0 Å². The van der Waals surface area contributed by atoms with E-state index in [-0.39, 0.29) is 18.2 Å². The first-order chi connectivity index (χ1) is 8.76. The number of nitrogens with one attached hydrogen (secondary N) is 1. The number of nitrogens with zero attached hydrogens (tertiary/aromatic N) is 3. The first-order valence-electron chi connectivity index (χ1n) is 5.62. The Morgan fingerprint density at radius 3 is 3.39 bits per heavy atom. The highest BCUT2D eigenvalue weighted by atomic mass is 16.5. The molecule has 1 N–H and O–H groups in total. The number of rotatable bonds is 3. The van der Waals surface area contributed by atoms with Crippen molar-refractivity contribution in [3.8, 4) is 6.07 Å². The number of nitriles is 1. The van der Waals surface area contributed by atoms with Gasteiger partial charge in [-0.2, -0.15) is 5.26 Å². The molecule has 1 aliphatic rings. The van der Waals surface area contributed by atoms with Crippen molar-refractivity contribution in [1.82, 2.24) is 15.4 Å². The molecule has 1 amide bonds. The van der Waals surface area contributed by atoms with E-state index >= 15 is 0 Å². The minimum Gasteiger partial charge on any atom is -0.377 e. The molecule has 1 fully saturated rings. The summed E-state index contributed by atoms with van der Waals surface area (Å²) < 4.78 is 9.85.